The summed E-state index contributed by atoms with van der Waals surface area (Å²) in [5.74, 6) is 0.123. The van der Waals surface area contributed by atoms with Crippen molar-refractivity contribution < 1.29 is 13.9 Å². The Hall–Kier alpha value is -2.80. The van der Waals surface area contributed by atoms with Crippen LogP contribution in [0.2, 0.25) is 0 Å². The average Bonchev–Trinajstić information content (AvgIpc) is 3.05. The monoisotopic (exact) mass is 371 g/mol. The predicted molar refractivity (Wildman–Crippen MR) is 97.9 cm³/mol. The molecule has 0 saturated heterocycles. The summed E-state index contributed by atoms with van der Waals surface area (Å²) in [6, 6.07) is 13.3. The summed E-state index contributed by atoms with van der Waals surface area (Å²) in [4.78, 5) is 12.3. The minimum absolute atomic E-state index is 0.196. The Morgan fingerprint density at radius 1 is 1.19 bits per heavy atom. The number of ether oxygens (including phenoxy) is 1. The molecular weight excluding hydrogens is 353 g/mol. The van der Waals surface area contributed by atoms with Crippen LogP contribution >= 0.6 is 11.7 Å². The number of hydrogen-bond donors (Lipinski definition) is 1. The van der Waals surface area contributed by atoms with Gasteiger partial charge in [-0.2, -0.15) is 8.75 Å². The van der Waals surface area contributed by atoms with Crippen molar-refractivity contribution in [2.24, 2.45) is 0 Å². The zero-order valence-electron chi connectivity index (χ0n) is 14.2. The lowest BCUT2D eigenvalue weighted by Gasteiger charge is -2.08. The minimum atomic E-state index is -0.274. The maximum absolute atomic E-state index is 13.2. The molecule has 134 valence electrons. The number of hydrogen-bond acceptors (Lipinski definition) is 5. The first-order valence-electron chi connectivity index (χ1n) is 8.15. The zero-order valence-corrected chi connectivity index (χ0v) is 15.1. The second-order valence-corrected chi connectivity index (χ2v) is 6.28. The number of carbonyl (C=O) groups is 1. The summed E-state index contributed by atoms with van der Waals surface area (Å²) in [6.07, 6.45) is 0.565. The smallest absolute Gasteiger partial charge is 0.251 e. The average molecular weight is 371 g/mol. The van der Waals surface area contributed by atoms with Gasteiger partial charge in [0.25, 0.3) is 5.91 Å². The number of nitrogens with zero attached hydrogens (tertiary/aromatic N) is 2. The molecule has 0 aliphatic rings. The van der Waals surface area contributed by atoms with Gasteiger partial charge in [-0.3, -0.25) is 4.79 Å². The van der Waals surface area contributed by atoms with Crippen molar-refractivity contribution in [1.82, 2.24) is 14.1 Å². The first-order valence-corrected chi connectivity index (χ1v) is 8.88. The summed E-state index contributed by atoms with van der Waals surface area (Å²) in [5, 5.41) is 2.84. The van der Waals surface area contributed by atoms with Crippen molar-refractivity contribution in [2.45, 2.75) is 20.0 Å². The van der Waals surface area contributed by atoms with E-state index in [1.165, 1.54) is 12.1 Å². The highest BCUT2D eigenvalue weighted by Crippen LogP contribution is 2.16. The fraction of sp³-hybridized carbons (Fsp3) is 0.211. The molecule has 0 bridgehead atoms. The van der Waals surface area contributed by atoms with Crippen LogP contribution in [0.15, 0.2) is 48.5 Å². The Balaban J connectivity index is 1.53. The largest absolute Gasteiger partial charge is 0.487 e. The Morgan fingerprint density at radius 3 is 2.81 bits per heavy atom. The van der Waals surface area contributed by atoms with Crippen LogP contribution in [0.3, 0.4) is 0 Å². The zero-order chi connectivity index (χ0) is 18.4. The van der Waals surface area contributed by atoms with Crippen molar-refractivity contribution >= 4 is 17.6 Å². The second kappa shape index (κ2) is 8.53. The van der Waals surface area contributed by atoms with Gasteiger partial charge in [0, 0.05) is 12.1 Å². The summed E-state index contributed by atoms with van der Waals surface area (Å²) in [6.45, 7) is 2.62. The van der Waals surface area contributed by atoms with Gasteiger partial charge >= 0.3 is 0 Å². The van der Waals surface area contributed by atoms with E-state index in [1.807, 2.05) is 13.0 Å². The maximum atomic E-state index is 13.2. The van der Waals surface area contributed by atoms with Crippen LogP contribution in [0.5, 0.6) is 5.75 Å². The van der Waals surface area contributed by atoms with Crippen LogP contribution in [0.25, 0.3) is 0 Å². The van der Waals surface area contributed by atoms with Crippen molar-refractivity contribution in [3.05, 3.63) is 76.9 Å². The third kappa shape index (κ3) is 4.86. The molecule has 0 fully saturated rings. The Morgan fingerprint density at radius 2 is 2.04 bits per heavy atom. The van der Waals surface area contributed by atoms with Gasteiger partial charge in [0.1, 0.15) is 23.9 Å². The number of aromatic nitrogens is 2. The summed E-state index contributed by atoms with van der Waals surface area (Å²) in [7, 11) is 0. The first kappa shape index (κ1) is 18.0. The number of aryl methyl sites for hydroxylation is 1. The molecule has 0 spiro atoms. The van der Waals surface area contributed by atoms with Crippen LogP contribution in [-0.4, -0.2) is 21.2 Å². The van der Waals surface area contributed by atoms with Crippen molar-refractivity contribution in [1.29, 1.82) is 0 Å². The lowest BCUT2D eigenvalue weighted by molar-refractivity contribution is 0.0953. The van der Waals surface area contributed by atoms with Gasteiger partial charge in [0.2, 0.25) is 0 Å². The van der Waals surface area contributed by atoms with Gasteiger partial charge in [-0.25, -0.2) is 4.39 Å². The molecule has 5 nitrogen and oxygen atoms in total. The molecule has 0 radical (unpaired) electrons. The normalized spacial score (nSPS) is 10.5. The van der Waals surface area contributed by atoms with Gasteiger partial charge < -0.3 is 10.1 Å². The SMILES string of the molecule is Cc1nsnc1COc1cccc(C(=O)NCCc2cccc(F)c2)c1. The minimum Gasteiger partial charge on any atom is -0.487 e. The highest BCUT2D eigenvalue weighted by molar-refractivity contribution is 6.99. The quantitative estimate of drug-likeness (QED) is 0.690. The number of benzene rings is 2. The maximum Gasteiger partial charge on any atom is 0.251 e. The van der Waals surface area contributed by atoms with E-state index in [-0.39, 0.29) is 11.7 Å². The molecule has 7 heteroatoms. The predicted octanol–water partition coefficient (Wildman–Crippen LogP) is 3.54. The van der Waals surface area contributed by atoms with Crippen LogP contribution in [0.4, 0.5) is 4.39 Å². The van der Waals surface area contributed by atoms with Crippen LogP contribution in [0, 0.1) is 12.7 Å². The standard InChI is InChI=1S/C19H18FN3O2S/c1-13-18(23-26-22-13)12-25-17-7-3-5-15(11-17)19(24)21-9-8-14-4-2-6-16(20)10-14/h2-7,10-11H,8-9,12H2,1H3,(H,21,24). The molecule has 0 atom stereocenters. The Bertz CT molecular complexity index is 898. The Labute approximate surface area is 155 Å². The topological polar surface area (TPSA) is 64.1 Å². The fourth-order valence-electron chi connectivity index (χ4n) is 2.37. The molecule has 0 aliphatic heterocycles. The van der Waals surface area contributed by atoms with E-state index in [0.717, 1.165) is 28.7 Å². The van der Waals surface area contributed by atoms with Gasteiger partial charge in [-0.05, 0) is 49.2 Å². The van der Waals surface area contributed by atoms with Crippen LogP contribution in [-0.2, 0) is 13.0 Å². The molecule has 3 rings (SSSR count). The highest BCUT2D eigenvalue weighted by atomic mass is 32.1. The van der Waals surface area contributed by atoms with E-state index < -0.39 is 0 Å². The molecule has 0 unspecified atom stereocenters. The van der Waals surface area contributed by atoms with E-state index in [2.05, 4.69) is 14.1 Å². The molecule has 1 heterocycles. The molecule has 0 saturated carbocycles. The van der Waals surface area contributed by atoms with Crippen molar-refractivity contribution in [3.63, 3.8) is 0 Å². The molecular formula is C19H18FN3O2S. The third-order valence-corrected chi connectivity index (χ3v) is 4.46. The van der Waals surface area contributed by atoms with Crippen LogP contribution in [0.1, 0.15) is 27.3 Å². The fourth-order valence-corrected chi connectivity index (χ4v) is 2.93. The number of amides is 1. The van der Waals surface area contributed by atoms with Gasteiger partial charge in [-0.1, -0.05) is 18.2 Å². The molecule has 1 aromatic heterocycles. The number of nitrogens with one attached hydrogen (secondary N) is 1. The van der Waals surface area contributed by atoms with Gasteiger partial charge in [0.15, 0.2) is 0 Å². The molecule has 1 amide bonds. The number of halogens is 1. The summed E-state index contributed by atoms with van der Waals surface area (Å²) in [5.41, 5.74) is 2.99. The second-order valence-electron chi connectivity index (χ2n) is 5.75. The first-order chi connectivity index (χ1) is 12.6. The molecule has 2 aromatic carbocycles. The summed E-state index contributed by atoms with van der Waals surface area (Å²) < 4.78 is 27.1. The van der Waals surface area contributed by atoms with E-state index in [9.17, 15) is 9.18 Å². The third-order valence-electron chi connectivity index (χ3n) is 3.81. The lowest BCUT2D eigenvalue weighted by Crippen LogP contribution is -2.25. The lowest BCUT2D eigenvalue weighted by atomic mass is 10.1. The molecule has 3 aromatic rings. The van der Waals surface area contributed by atoms with Crippen molar-refractivity contribution in [2.75, 3.05) is 6.54 Å². The van der Waals surface area contributed by atoms with Gasteiger partial charge in [-0.15, -0.1) is 0 Å². The highest BCUT2D eigenvalue weighted by Gasteiger charge is 2.08. The van der Waals surface area contributed by atoms with E-state index >= 15 is 0 Å². The Kier molecular flexibility index (Phi) is 5.91. The molecule has 1 N–H and O–H groups in total. The number of carbonyl (C=O) groups excluding carboxylic acids is 1. The summed E-state index contributed by atoms with van der Waals surface area (Å²) >= 11 is 1.15. The number of rotatable bonds is 7. The van der Waals surface area contributed by atoms with E-state index in [0.29, 0.717) is 30.9 Å². The van der Waals surface area contributed by atoms with Crippen LogP contribution < -0.4 is 10.1 Å². The van der Waals surface area contributed by atoms with E-state index in [4.69, 9.17) is 4.74 Å². The van der Waals surface area contributed by atoms with Gasteiger partial charge in [0.05, 0.1) is 17.4 Å². The van der Waals surface area contributed by atoms with E-state index in [1.54, 1.807) is 30.3 Å². The molecule has 0 aliphatic carbocycles. The molecule has 26 heavy (non-hydrogen) atoms. The van der Waals surface area contributed by atoms with Crippen molar-refractivity contribution in [3.8, 4) is 5.75 Å².